The highest BCUT2D eigenvalue weighted by molar-refractivity contribution is 5.88. The molecule has 1 unspecified atom stereocenters. The number of rotatable bonds is 5. The van der Waals surface area contributed by atoms with Crippen molar-refractivity contribution in [3.8, 4) is 0 Å². The average molecular weight is 290 g/mol. The average Bonchev–Trinajstić information content (AvgIpc) is 2.46. The van der Waals surface area contributed by atoms with Crippen molar-refractivity contribution in [3.63, 3.8) is 0 Å². The molecule has 1 atom stereocenters. The molecule has 5 heteroatoms. The number of hydrogen-bond donors (Lipinski definition) is 1. The number of amides is 1. The van der Waals surface area contributed by atoms with E-state index in [9.17, 15) is 9.59 Å². The molecule has 1 heterocycles. The third-order valence-electron chi connectivity index (χ3n) is 3.91. The number of carboxylic acids is 1. The van der Waals surface area contributed by atoms with Crippen molar-refractivity contribution < 1.29 is 14.7 Å². The topological polar surface area (TPSA) is 60.9 Å². The van der Waals surface area contributed by atoms with Gasteiger partial charge in [0.05, 0.1) is 11.5 Å². The van der Waals surface area contributed by atoms with Crippen molar-refractivity contribution in [2.24, 2.45) is 0 Å². The zero-order valence-electron chi connectivity index (χ0n) is 12.6. The summed E-state index contributed by atoms with van der Waals surface area (Å²) in [5, 5.41) is 8.92. The summed E-state index contributed by atoms with van der Waals surface area (Å²) in [4.78, 5) is 27.4. The molecule has 1 N–H and O–H groups in total. The van der Waals surface area contributed by atoms with E-state index < -0.39 is 5.97 Å². The molecule has 5 nitrogen and oxygen atoms in total. The van der Waals surface area contributed by atoms with Gasteiger partial charge in [0.25, 0.3) is 0 Å². The molecule has 1 aliphatic rings. The Bertz CT molecular complexity index is 511. The van der Waals surface area contributed by atoms with Crippen LogP contribution >= 0.6 is 0 Å². The van der Waals surface area contributed by atoms with Crippen molar-refractivity contribution >= 4 is 11.9 Å². The smallest absolute Gasteiger partial charge is 0.335 e. The normalized spacial score (nSPS) is 19.1. The minimum atomic E-state index is -0.941. The highest BCUT2D eigenvalue weighted by atomic mass is 16.4. The fourth-order valence-electron chi connectivity index (χ4n) is 2.65. The summed E-state index contributed by atoms with van der Waals surface area (Å²) in [6.45, 7) is 2.42. The summed E-state index contributed by atoms with van der Waals surface area (Å²) in [5.41, 5.74) is 1.17. The van der Waals surface area contributed by atoms with Crippen molar-refractivity contribution in [2.45, 2.75) is 18.8 Å². The van der Waals surface area contributed by atoms with Gasteiger partial charge in [0, 0.05) is 19.6 Å². The fourth-order valence-corrected chi connectivity index (χ4v) is 2.65. The van der Waals surface area contributed by atoms with Crippen LogP contribution in [0.5, 0.6) is 0 Å². The van der Waals surface area contributed by atoms with E-state index >= 15 is 0 Å². The zero-order chi connectivity index (χ0) is 15.4. The maximum Gasteiger partial charge on any atom is 0.335 e. The first kappa shape index (κ1) is 15.5. The summed E-state index contributed by atoms with van der Waals surface area (Å²) in [6, 6.07) is 6.68. The van der Waals surface area contributed by atoms with Crippen LogP contribution in [0.25, 0.3) is 0 Å². The molecular weight excluding hydrogens is 268 g/mol. The van der Waals surface area contributed by atoms with Gasteiger partial charge < -0.3 is 14.9 Å². The number of nitrogens with zero attached hydrogens (tertiary/aromatic N) is 2. The van der Waals surface area contributed by atoms with E-state index in [1.54, 1.807) is 24.3 Å². The Morgan fingerprint density at radius 1 is 1.33 bits per heavy atom. The van der Waals surface area contributed by atoms with Crippen LogP contribution in [0.1, 0.15) is 34.7 Å². The third kappa shape index (κ3) is 3.82. The van der Waals surface area contributed by atoms with Crippen LogP contribution in [-0.4, -0.2) is 60.5 Å². The lowest BCUT2D eigenvalue weighted by Crippen LogP contribution is -2.43. The number of likely N-dealkylation sites (tertiary alicyclic amines) is 1. The number of aromatic carboxylic acids is 1. The maximum absolute atomic E-state index is 12.5. The largest absolute Gasteiger partial charge is 0.478 e. The molecule has 2 rings (SSSR count). The molecule has 0 bridgehead atoms. The van der Waals surface area contributed by atoms with Gasteiger partial charge in [-0.2, -0.15) is 0 Å². The van der Waals surface area contributed by atoms with Crippen LogP contribution in [0.4, 0.5) is 0 Å². The molecule has 0 aromatic heterocycles. The fraction of sp³-hybridized carbons (Fsp3) is 0.500. The van der Waals surface area contributed by atoms with Gasteiger partial charge in [-0.15, -0.1) is 0 Å². The Balaban J connectivity index is 2.08. The van der Waals surface area contributed by atoms with Crippen molar-refractivity contribution in [1.29, 1.82) is 0 Å². The third-order valence-corrected chi connectivity index (χ3v) is 3.91. The molecule has 21 heavy (non-hydrogen) atoms. The lowest BCUT2D eigenvalue weighted by molar-refractivity contribution is -0.135. The second-order valence-corrected chi connectivity index (χ2v) is 5.75. The van der Waals surface area contributed by atoms with Gasteiger partial charge in [-0.25, -0.2) is 4.79 Å². The Kier molecular flexibility index (Phi) is 4.96. The Morgan fingerprint density at radius 3 is 2.57 bits per heavy atom. The van der Waals surface area contributed by atoms with Crippen molar-refractivity contribution in [2.75, 3.05) is 33.7 Å². The zero-order valence-corrected chi connectivity index (χ0v) is 12.6. The number of carbonyl (C=O) groups excluding carboxylic acids is 1. The number of carboxylic acid groups (broad SMARTS) is 1. The van der Waals surface area contributed by atoms with Crippen LogP contribution < -0.4 is 0 Å². The van der Waals surface area contributed by atoms with Crippen molar-refractivity contribution in [1.82, 2.24) is 9.80 Å². The van der Waals surface area contributed by atoms with Gasteiger partial charge in [0.2, 0.25) is 5.91 Å². The van der Waals surface area contributed by atoms with E-state index in [0.29, 0.717) is 0 Å². The molecule has 0 radical (unpaired) electrons. The molecule has 1 aliphatic heterocycles. The minimum Gasteiger partial charge on any atom is -0.478 e. The molecule has 0 spiro atoms. The highest BCUT2D eigenvalue weighted by Gasteiger charge is 2.29. The van der Waals surface area contributed by atoms with Gasteiger partial charge in [0.1, 0.15) is 0 Å². The van der Waals surface area contributed by atoms with E-state index in [-0.39, 0.29) is 17.4 Å². The van der Waals surface area contributed by atoms with E-state index in [1.165, 1.54) is 0 Å². The summed E-state index contributed by atoms with van der Waals surface area (Å²) < 4.78 is 0. The SMILES string of the molecule is CN(C)CCN1CCCC(c2ccc(C(=O)O)cc2)C1=O. The Morgan fingerprint density at radius 2 is 2.00 bits per heavy atom. The molecule has 0 saturated carbocycles. The van der Waals surface area contributed by atoms with Crippen LogP contribution in [0.15, 0.2) is 24.3 Å². The Hall–Kier alpha value is -1.88. The molecule has 1 fully saturated rings. The first-order valence-corrected chi connectivity index (χ1v) is 7.26. The monoisotopic (exact) mass is 290 g/mol. The molecular formula is C16H22N2O3. The molecule has 1 aromatic carbocycles. The first-order valence-electron chi connectivity index (χ1n) is 7.26. The molecule has 114 valence electrons. The van der Waals surface area contributed by atoms with Crippen LogP contribution in [0.2, 0.25) is 0 Å². The predicted octanol–water partition coefficient (Wildman–Crippen LogP) is 1.65. The van der Waals surface area contributed by atoms with Gasteiger partial charge in [-0.1, -0.05) is 12.1 Å². The van der Waals surface area contributed by atoms with Crippen molar-refractivity contribution in [3.05, 3.63) is 35.4 Å². The standard InChI is InChI=1S/C16H22N2O3/c1-17(2)10-11-18-9-3-4-14(15(18)19)12-5-7-13(8-6-12)16(20)21/h5-8,14H,3-4,9-11H2,1-2H3,(H,20,21). The number of hydrogen-bond acceptors (Lipinski definition) is 3. The van der Waals surface area contributed by atoms with Gasteiger partial charge >= 0.3 is 5.97 Å². The molecule has 0 aliphatic carbocycles. The summed E-state index contributed by atoms with van der Waals surface area (Å²) in [7, 11) is 3.99. The van der Waals surface area contributed by atoms with E-state index in [4.69, 9.17) is 5.11 Å². The van der Waals surface area contributed by atoms with Crippen LogP contribution in [0.3, 0.4) is 0 Å². The quantitative estimate of drug-likeness (QED) is 0.896. The summed E-state index contributed by atoms with van der Waals surface area (Å²) >= 11 is 0. The van der Waals surface area contributed by atoms with E-state index in [0.717, 1.165) is 38.0 Å². The summed E-state index contributed by atoms with van der Waals surface area (Å²) in [6.07, 6.45) is 1.83. The molecule has 1 saturated heterocycles. The second-order valence-electron chi connectivity index (χ2n) is 5.75. The van der Waals surface area contributed by atoms with Gasteiger partial charge in [0.15, 0.2) is 0 Å². The summed E-state index contributed by atoms with van der Waals surface area (Å²) in [5.74, 6) is -0.918. The minimum absolute atomic E-state index is 0.135. The van der Waals surface area contributed by atoms with E-state index in [2.05, 4.69) is 4.90 Å². The molecule has 1 aromatic rings. The predicted molar refractivity (Wildman–Crippen MR) is 80.5 cm³/mol. The lowest BCUT2D eigenvalue weighted by atomic mass is 9.89. The Labute approximate surface area is 125 Å². The van der Waals surface area contributed by atoms with Gasteiger partial charge in [-0.05, 0) is 44.6 Å². The highest BCUT2D eigenvalue weighted by Crippen LogP contribution is 2.28. The molecule has 1 amide bonds. The lowest BCUT2D eigenvalue weighted by Gasteiger charge is -2.33. The first-order chi connectivity index (χ1) is 9.99. The second kappa shape index (κ2) is 6.72. The number of carbonyl (C=O) groups is 2. The maximum atomic E-state index is 12.5. The number of piperidine rings is 1. The van der Waals surface area contributed by atoms with Crippen LogP contribution in [0, 0.1) is 0 Å². The number of likely N-dealkylation sites (N-methyl/N-ethyl adjacent to an activating group) is 1. The van der Waals surface area contributed by atoms with Crippen LogP contribution in [-0.2, 0) is 4.79 Å². The number of benzene rings is 1. The van der Waals surface area contributed by atoms with E-state index in [1.807, 2.05) is 19.0 Å². The van der Waals surface area contributed by atoms with Gasteiger partial charge in [-0.3, -0.25) is 4.79 Å².